The maximum Gasteiger partial charge on any atom is 0.173 e. The number of benzene rings is 1. The second kappa shape index (κ2) is 4.51. The summed E-state index contributed by atoms with van der Waals surface area (Å²) in [4.78, 5) is 13.9. The molecule has 2 aromatic heterocycles. The van der Waals surface area contributed by atoms with E-state index in [0.717, 1.165) is 15.6 Å². The first kappa shape index (κ1) is 12.4. The average molecular weight is 294 g/mol. The number of aromatic nitrogens is 3. The van der Waals surface area contributed by atoms with Crippen molar-refractivity contribution in [2.24, 2.45) is 0 Å². The molecule has 0 saturated carbocycles. The molecule has 0 N–H and O–H groups in total. The Labute approximate surface area is 118 Å². The summed E-state index contributed by atoms with van der Waals surface area (Å²) in [5.41, 5.74) is 1.36. The van der Waals surface area contributed by atoms with E-state index >= 15 is 0 Å². The Balaban J connectivity index is 2.28. The molecule has 1 aromatic carbocycles. The molecular weight excluding hydrogens is 285 g/mol. The van der Waals surface area contributed by atoms with Gasteiger partial charge in [0.15, 0.2) is 5.82 Å². The maximum absolute atomic E-state index is 13.3. The van der Waals surface area contributed by atoms with E-state index < -0.39 is 0 Å². The Hall–Kier alpha value is -1.59. The summed E-state index contributed by atoms with van der Waals surface area (Å²) in [7, 11) is 0. The molecule has 0 aliphatic rings. The van der Waals surface area contributed by atoms with Gasteiger partial charge >= 0.3 is 0 Å². The molecule has 96 valence electrons. The van der Waals surface area contributed by atoms with E-state index in [9.17, 15) is 4.39 Å². The molecule has 0 spiro atoms. The Morgan fingerprint density at radius 3 is 2.63 bits per heavy atom. The first-order valence-electron chi connectivity index (χ1n) is 5.62. The summed E-state index contributed by atoms with van der Waals surface area (Å²) >= 11 is 7.63. The molecule has 0 atom stereocenters. The van der Waals surface area contributed by atoms with Crippen molar-refractivity contribution in [1.82, 2.24) is 15.0 Å². The van der Waals surface area contributed by atoms with Crippen LogP contribution in [0.5, 0.6) is 0 Å². The summed E-state index contributed by atoms with van der Waals surface area (Å²) < 4.78 is 13.3. The van der Waals surface area contributed by atoms with Crippen LogP contribution in [0.4, 0.5) is 4.39 Å². The molecule has 0 aliphatic carbocycles. The fraction of sp³-hybridized carbons (Fsp3) is 0.154. The van der Waals surface area contributed by atoms with Crippen LogP contribution < -0.4 is 0 Å². The first-order chi connectivity index (χ1) is 9.04. The lowest BCUT2D eigenvalue weighted by atomic mass is 10.2. The van der Waals surface area contributed by atoms with E-state index in [1.165, 1.54) is 23.5 Å². The molecule has 6 heteroatoms. The van der Waals surface area contributed by atoms with Crippen LogP contribution in [0.15, 0.2) is 18.2 Å². The fourth-order valence-electron chi connectivity index (χ4n) is 1.90. The lowest BCUT2D eigenvalue weighted by Crippen LogP contribution is -1.92. The van der Waals surface area contributed by atoms with Gasteiger partial charge in [-0.05, 0) is 26.0 Å². The quantitative estimate of drug-likeness (QED) is 0.632. The molecule has 0 fully saturated rings. The van der Waals surface area contributed by atoms with Gasteiger partial charge in [0.2, 0.25) is 0 Å². The fourth-order valence-corrected chi connectivity index (χ4v) is 3.00. The van der Waals surface area contributed by atoms with E-state index in [-0.39, 0.29) is 5.82 Å². The Morgan fingerprint density at radius 2 is 1.95 bits per heavy atom. The van der Waals surface area contributed by atoms with Crippen molar-refractivity contribution in [3.05, 3.63) is 39.9 Å². The van der Waals surface area contributed by atoms with Gasteiger partial charge < -0.3 is 0 Å². The Kier molecular flexibility index (Phi) is 2.95. The molecule has 2 heterocycles. The van der Waals surface area contributed by atoms with Crippen LogP contribution in [0, 0.1) is 19.7 Å². The zero-order valence-electron chi connectivity index (χ0n) is 10.2. The number of rotatable bonds is 1. The van der Waals surface area contributed by atoms with Crippen molar-refractivity contribution in [2.45, 2.75) is 13.8 Å². The third-order valence-electron chi connectivity index (χ3n) is 2.72. The molecule has 0 amide bonds. The molecule has 0 unspecified atom stereocenters. The van der Waals surface area contributed by atoms with Crippen LogP contribution in [0.2, 0.25) is 5.15 Å². The highest BCUT2D eigenvalue weighted by molar-refractivity contribution is 7.15. The van der Waals surface area contributed by atoms with Crippen molar-refractivity contribution in [1.29, 1.82) is 0 Å². The van der Waals surface area contributed by atoms with Crippen molar-refractivity contribution >= 4 is 33.8 Å². The van der Waals surface area contributed by atoms with Crippen molar-refractivity contribution in [2.75, 3.05) is 0 Å². The van der Waals surface area contributed by atoms with Crippen LogP contribution in [0.25, 0.3) is 21.6 Å². The number of fused-ring (bicyclic) bond motifs is 1. The zero-order valence-corrected chi connectivity index (χ0v) is 11.8. The second-order valence-corrected chi connectivity index (χ2v) is 5.71. The molecule has 0 saturated heterocycles. The lowest BCUT2D eigenvalue weighted by Gasteiger charge is -2.03. The summed E-state index contributed by atoms with van der Waals surface area (Å²) in [6.45, 7) is 3.81. The summed E-state index contributed by atoms with van der Waals surface area (Å²) in [6, 6.07) is 4.29. The van der Waals surface area contributed by atoms with Gasteiger partial charge in [0.05, 0.1) is 21.1 Å². The molecule has 3 rings (SSSR count). The highest BCUT2D eigenvalue weighted by Gasteiger charge is 2.13. The second-order valence-electron chi connectivity index (χ2n) is 4.15. The molecule has 0 aliphatic heterocycles. The van der Waals surface area contributed by atoms with Crippen molar-refractivity contribution in [3.8, 4) is 10.7 Å². The normalized spacial score (nSPS) is 11.2. The van der Waals surface area contributed by atoms with Crippen molar-refractivity contribution in [3.63, 3.8) is 0 Å². The minimum absolute atomic E-state index is 0.324. The topological polar surface area (TPSA) is 38.7 Å². The number of thiazole rings is 1. The number of halogens is 2. The van der Waals surface area contributed by atoms with E-state index in [2.05, 4.69) is 15.0 Å². The highest BCUT2D eigenvalue weighted by atomic mass is 35.5. The van der Waals surface area contributed by atoms with Crippen LogP contribution in [0.3, 0.4) is 0 Å². The molecule has 3 nitrogen and oxygen atoms in total. The van der Waals surface area contributed by atoms with E-state index in [1.54, 1.807) is 6.07 Å². The van der Waals surface area contributed by atoms with Gasteiger partial charge in [-0.25, -0.2) is 19.3 Å². The minimum Gasteiger partial charge on any atom is -0.246 e. The van der Waals surface area contributed by atoms with Gasteiger partial charge in [0.25, 0.3) is 0 Å². The predicted molar refractivity (Wildman–Crippen MR) is 75.1 cm³/mol. The van der Waals surface area contributed by atoms with Gasteiger partial charge in [-0.3, -0.25) is 0 Å². The summed E-state index contributed by atoms with van der Waals surface area (Å²) in [6.07, 6.45) is 0. The van der Waals surface area contributed by atoms with Crippen LogP contribution in [0.1, 0.15) is 10.7 Å². The smallest absolute Gasteiger partial charge is 0.173 e. The number of hydrogen-bond donors (Lipinski definition) is 0. The van der Waals surface area contributed by atoms with Gasteiger partial charge in [-0.2, -0.15) is 0 Å². The Bertz CT molecular complexity index is 785. The molecule has 0 radical (unpaired) electrons. The monoisotopic (exact) mass is 293 g/mol. The Morgan fingerprint density at radius 1 is 1.16 bits per heavy atom. The average Bonchev–Trinajstić information content (AvgIpc) is 2.67. The molecule has 0 bridgehead atoms. The van der Waals surface area contributed by atoms with E-state index in [4.69, 9.17) is 11.6 Å². The third kappa shape index (κ3) is 2.19. The number of aryl methyl sites for hydroxylation is 2. The number of nitrogens with zero attached hydrogens (tertiary/aromatic N) is 3. The predicted octanol–water partition coefficient (Wildman–Crippen LogP) is 4.16. The summed E-state index contributed by atoms with van der Waals surface area (Å²) in [5.74, 6) is 0.150. The zero-order chi connectivity index (χ0) is 13.6. The SMILES string of the molecule is Cc1nc(C)c(-c2nc(Cl)c3ccc(F)cc3n2)s1. The van der Waals surface area contributed by atoms with Gasteiger partial charge in [-0.15, -0.1) is 11.3 Å². The molecule has 19 heavy (non-hydrogen) atoms. The van der Waals surface area contributed by atoms with Gasteiger partial charge in [0.1, 0.15) is 11.0 Å². The van der Waals surface area contributed by atoms with Gasteiger partial charge in [0, 0.05) is 11.5 Å². The minimum atomic E-state index is -0.342. The van der Waals surface area contributed by atoms with Gasteiger partial charge in [-0.1, -0.05) is 11.6 Å². The molecular formula is C13H9ClFN3S. The number of hydrogen-bond acceptors (Lipinski definition) is 4. The summed E-state index contributed by atoms with van der Waals surface area (Å²) in [5, 5.41) is 1.91. The van der Waals surface area contributed by atoms with Crippen LogP contribution in [-0.2, 0) is 0 Å². The maximum atomic E-state index is 13.3. The first-order valence-corrected chi connectivity index (χ1v) is 6.81. The standard InChI is InChI=1S/C13H9ClFN3S/c1-6-11(19-7(2)16-6)13-17-10-5-8(15)3-4-9(10)12(14)18-13/h3-5H,1-2H3. The van der Waals surface area contributed by atoms with Crippen LogP contribution >= 0.6 is 22.9 Å². The van der Waals surface area contributed by atoms with E-state index in [1.807, 2.05) is 13.8 Å². The lowest BCUT2D eigenvalue weighted by molar-refractivity contribution is 0.629. The van der Waals surface area contributed by atoms with Crippen molar-refractivity contribution < 1.29 is 4.39 Å². The largest absolute Gasteiger partial charge is 0.246 e. The highest BCUT2D eigenvalue weighted by Crippen LogP contribution is 2.30. The van der Waals surface area contributed by atoms with Crippen LogP contribution in [-0.4, -0.2) is 15.0 Å². The molecule has 3 aromatic rings. The van der Waals surface area contributed by atoms with E-state index in [0.29, 0.717) is 21.9 Å². The third-order valence-corrected chi connectivity index (χ3v) is 4.08.